The molecular formula is C14H11Cl2N3O2. The van der Waals surface area contributed by atoms with Crippen molar-refractivity contribution in [2.24, 2.45) is 0 Å². The lowest BCUT2D eigenvalue weighted by molar-refractivity contribution is 0.0938. The van der Waals surface area contributed by atoms with Gasteiger partial charge in [-0.1, -0.05) is 47.5 Å². The van der Waals surface area contributed by atoms with E-state index in [1.54, 1.807) is 48.5 Å². The number of hydrogen-bond donors (Lipinski definition) is 3. The summed E-state index contributed by atoms with van der Waals surface area (Å²) in [7, 11) is 0. The molecule has 0 spiro atoms. The zero-order chi connectivity index (χ0) is 15.2. The normalized spacial score (nSPS) is 9.81. The van der Waals surface area contributed by atoms with Crippen LogP contribution in [0.2, 0.25) is 10.0 Å². The standard InChI is InChI=1S/C14H11Cl2N3O2/c15-10-7-4-8-11(16)12(10)17-14(21)19-18-13(20)9-5-2-1-3-6-9/h1-8H,(H,18,20)(H2,17,19,21). The molecular weight excluding hydrogens is 313 g/mol. The van der Waals surface area contributed by atoms with Gasteiger partial charge in [0.25, 0.3) is 5.91 Å². The summed E-state index contributed by atoms with van der Waals surface area (Å²) in [5, 5.41) is 3.05. The largest absolute Gasteiger partial charge is 0.338 e. The SMILES string of the molecule is O=C(NNC(=O)c1ccccc1)Nc1c(Cl)cccc1Cl. The quantitative estimate of drug-likeness (QED) is 0.741. The lowest BCUT2D eigenvalue weighted by atomic mass is 10.2. The molecule has 7 heteroatoms. The molecule has 0 aliphatic carbocycles. The lowest BCUT2D eigenvalue weighted by Crippen LogP contribution is -2.43. The van der Waals surface area contributed by atoms with E-state index in [0.717, 1.165) is 0 Å². The molecule has 0 aliphatic rings. The Balaban J connectivity index is 1.92. The molecule has 2 aromatic rings. The number of hydrogen-bond acceptors (Lipinski definition) is 2. The number of halogens is 2. The molecule has 108 valence electrons. The molecule has 5 nitrogen and oxygen atoms in total. The average Bonchev–Trinajstić information content (AvgIpc) is 2.49. The summed E-state index contributed by atoms with van der Waals surface area (Å²) in [5.41, 5.74) is 5.18. The Hall–Kier alpha value is -2.24. The first-order valence-corrected chi connectivity index (χ1v) is 6.70. The maximum absolute atomic E-state index is 11.7. The molecule has 0 aliphatic heterocycles. The van der Waals surface area contributed by atoms with Gasteiger partial charge in [-0.25, -0.2) is 10.2 Å². The molecule has 21 heavy (non-hydrogen) atoms. The van der Waals surface area contributed by atoms with Crippen LogP contribution in [-0.2, 0) is 0 Å². The number of nitrogens with one attached hydrogen (secondary N) is 3. The number of carbonyl (C=O) groups is 2. The Morgan fingerprint density at radius 1 is 0.810 bits per heavy atom. The number of amides is 3. The van der Waals surface area contributed by atoms with E-state index < -0.39 is 11.9 Å². The van der Waals surface area contributed by atoms with Gasteiger partial charge in [0.1, 0.15) is 0 Å². The fourth-order valence-corrected chi connectivity index (χ4v) is 2.03. The van der Waals surface area contributed by atoms with E-state index in [0.29, 0.717) is 15.6 Å². The third kappa shape index (κ3) is 4.11. The van der Waals surface area contributed by atoms with Crippen molar-refractivity contribution in [3.05, 3.63) is 64.1 Å². The van der Waals surface area contributed by atoms with Gasteiger partial charge in [0.15, 0.2) is 0 Å². The molecule has 0 saturated carbocycles. The topological polar surface area (TPSA) is 70.2 Å². The van der Waals surface area contributed by atoms with Crippen LogP contribution in [0.25, 0.3) is 0 Å². The minimum absolute atomic E-state index is 0.271. The molecule has 0 heterocycles. The van der Waals surface area contributed by atoms with Gasteiger partial charge in [-0.3, -0.25) is 10.2 Å². The third-order valence-electron chi connectivity index (χ3n) is 2.53. The number of hydrazine groups is 1. The number of benzene rings is 2. The van der Waals surface area contributed by atoms with E-state index in [-0.39, 0.29) is 5.69 Å². The molecule has 0 aromatic heterocycles. The predicted octanol–water partition coefficient (Wildman–Crippen LogP) is 3.46. The number of carbonyl (C=O) groups excluding carboxylic acids is 2. The fourth-order valence-electron chi connectivity index (χ4n) is 1.54. The maximum Gasteiger partial charge on any atom is 0.338 e. The lowest BCUT2D eigenvalue weighted by Gasteiger charge is -2.11. The summed E-state index contributed by atoms with van der Waals surface area (Å²) >= 11 is 11.8. The van der Waals surface area contributed by atoms with Crippen LogP contribution in [0.3, 0.4) is 0 Å². The zero-order valence-corrected chi connectivity index (χ0v) is 12.2. The second-order valence-corrected chi connectivity index (χ2v) is 4.81. The number of anilines is 1. The van der Waals surface area contributed by atoms with Crippen LogP contribution >= 0.6 is 23.2 Å². The van der Waals surface area contributed by atoms with Crippen LogP contribution < -0.4 is 16.2 Å². The summed E-state index contributed by atoms with van der Waals surface area (Å²) in [6.07, 6.45) is 0. The van der Waals surface area contributed by atoms with Gasteiger partial charge in [0, 0.05) is 5.56 Å². The van der Waals surface area contributed by atoms with Crippen LogP contribution in [0.1, 0.15) is 10.4 Å². The highest BCUT2D eigenvalue weighted by atomic mass is 35.5. The molecule has 0 radical (unpaired) electrons. The minimum atomic E-state index is -0.658. The van der Waals surface area contributed by atoms with Crippen molar-refractivity contribution in [1.82, 2.24) is 10.9 Å². The fraction of sp³-hybridized carbons (Fsp3) is 0. The van der Waals surface area contributed by atoms with Crippen LogP contribution in [-0.4, -0.2) is 11.9 Å². The molecule has 2 rings (SSSR count). The summed E-state index contributed by atoms with van der Waals surface area (Å²) in [6, 6.07) is 12.7. The van der Waals surface area contributed by atoms with Crippen LogP contribution in [0, 0.1) is 0 Å². The maximum atomic E-state index is 11.7. The Morgan fingerprint density at radius 3 is 2.05 bits per heavy atom. The van der Waals surface area contributed by atoms with Gasteiger partial charge in [-0.05, 0) is 24.3 Å². The van der Waals surface area contributed by atoms with E-state index >= 15 is 0 Å². The Labute approximate surface area is 131 Å². The molecule has 3 N–H and O–H groups in total. The van der Waals surface area contributed by atoms with Crippen molar-refractivity contribution >= 4 is 40.8 Å². The van der Waals surface area contributed by atoms with Gasteiger partial charge >= 0.3 is 6.03 Å². The predicted molar refractivity (Wildman–Crippen MR) is 82.5 cm³/mol. The van der Waals surface area contributed by atoms with Crippen LogP contribution in [0.15, 0.2) is 48.5 Å². The first-order chi connectivity index (χ1) is 10.1. The second kappa shape index (κ2) is 6.97. The van der Waals surface area contributed by atoms with Crippen molar-refractivity contribution in [3.63, 3.8) is 0 Å². The molecule has 0 atom stereocenters. The summed E-state index contributed by atoms with van der Waals surface area (Å²) < 4.78 is 0. The van der Waals surface area contributed by atoms with Crippen molar-refractivity contribution in [1.29, 1.82) is 0 Å². The first-order valence-electron chi connectivity index (χ1n) is 5.94. The summed E-state index contributed by atoms with van der Waals surface area (Å²) in [4.78, 5) is 23.4. The molecule has 0 fully saturated rings. The van der Waals surface area contributed by atoms with E-state index in [2.05, 4.69) is 16.2 Å². The average molecular weight is 324 g/mol. The smallest absolute Gasteiger partial charge is 0.304 e. The summed E-state index contributed by atoms with van der Waals surface area (Å²) in [6.45, 7) is 0. The highest BCUT2D eigenvalue weighted by Gasteiger charge is 2.10. The van der Waals surface area contributed by atoms with E-state index in [1.165, 1.54) is 0 Å². The van der Waals surface area contributed by atoms with Gasteiger partial charge < -0.3 is 5.32 Å². The van der Waals surface area contributed by atoms with E-state index in [1.807, 2.05) is 0 Å². The van der Waals surface area contributed by atoms with Crippen molar-refractivity contribution in [2.45, 2.75) is 0 Å². The van der Waals surface area contributed by atoms with Crippen LogP contribution in [0.5, 0.6) is 0 Å². The van der Waals surface area contributed by atoms with Gasteiger partial charge in [0.05, 0.1) is 15.7 Å². The third-order valence-corrected chi connectivity index (χ3v) is 3.16. The van der Waals surface area contributed by atoms with Gasteiger partial charge in [0.2, 0.25) is 0 Å². The number of rotatable bonds is 2. The molecule has 0 bridgehead atoms. The Morgan fingerprint density at radius 2 is 1.43 bits per heavy atom. The van der Waals surface area contributed by atoms with Gasteiger partial charge in [-0.2, -0.15) is 0 Å². The number of para-hydroxylation sites is 1. The second-order valence-electron chi connectivity index (χ2n) is 4.00. The molecule has 0 saturated heterocycles. The zero-order valence-electron chi connectivity index (χ0n) is 10.7. The van der Waals surface area contributed by atoms with Crippen molar-refractivity contribution < 1.29 is 9.59 Å². The summed E-state index contributed by atoms with van der Waals surface area (Å²) in [5.74, 6) is -0.434. The highest BCUT2D eigenvalue weighted by Crippen LogP contribution is 2.29. The van der Waals surface area contributed by atoms with Crippen molar-refractivity contribution in [3.8, 4) is 0 Å². The molecule has 2 aromatic carbocycles. The molecule has 0 unspecified atom stereocenters. The highest BCUT2D eigenvalue weighted by molar-refractivity contribution is 6.39. The molecule has 3 amide bonds. The minimum Gasteiger partial charge on any atom is -0.304 e. The first kappa shape index (κ1) is 15.2. The van der Waals surface area contributed by atoms with Crippen molar-refractivity contribution in [2.75, 3.05) is 5.32 Å². The van der Waals surface area contributed by atoms with E-state index in [4.69, 9.17) is 23.2 Å². The monoisotopic (exact) mass is 323 g/mol. The Bertz CT molecular complexity index is 642. The van der Waals surface area contributed by atoms with Crippen LogP contribution in [0.4, 0.5) is 10.5 Å². The Kier molecular flexibility index (Phi) is 5.03. The van der Waals surface area contributed by atoms with E-state index in [9.17, 15) is 9.59 Å². The number of urea groups is 1. The van der Waals surface area contributed by atoms with Gasteiger partial charge in [-0.15, -0.1) is 0 Å².